The molecule has 0 spiro atoms. The Kier molecular flexibility index (Phi) is 9.46. The number of fused-ring (bicyclic) bond motifs is 1. The highest BCUT2D eigenvalue weighted by Crippen LogP contribution is 2.65. The van der Waals surface area contributed by atoms with Gasteiger partial charge in [0.1, 0.15) is 17.6 Å². The van der Waals surface area contributed by atoms with E-state index in [0.717, 1.165) is 19.1 Å². The van der Waals surface area contributed by atoms with Crippen LogP contribution in [-0.4, -0.2) is 103 Å². The van der Waals surface area contributed by atoms with E-state index in [9.17, 15) is 32.4 Å². The zero-order chi connectivity index (χ0) is 34.8. The molecule has 1 saturated heterocycles. The average molecular weight is 667 g/mol. The molecule has 3 saturated carbocycles. The molecule has 3 aliphatic carbocycles. The van der Waals surface area contributed by atoms with Crippen molar-refractivity contribution in [3.63, 3.8) is 0 Å². The lowest BCUT2D eigenvalue weighted by Crippen LogP contribution is -2.67. The molecule has 1 aliphatic heterocycles. The maximum atomic E-state index is 14.3. The molecule has 0 aromatic heterocycles. The van der Waals surface area contributed by atoms with Crippen LogP contribution >= 0.6 is 0 Å². The highest BCUT2D eigenvalue weighted by Gasteiger charge is 2.70. The predicted octanol–water partition coefficient (Wildman–Crippen LogP) is 1.38. The van der Waals surface area contributed by atoms with Crippen LogP contribution in [-0.2, 0) is 29.2 Å². The van der Waals surface area contributed by atoms with Crippen LogP contribution in [0, 0.1) is 28.1 Å². The van der Waals surface area contributed by atoms with Gasteiger partial charge < -0.3 is 26.2 Å². The van der Waals surface area contributed by atoms with Crippen LogP contribution in [0.1, 0.15) is 87.5 Å². The van der Waals surface area contributed by atoms with Crippen molar-refractivity contribution in [1.82, 2.24) is 30.5 Å². The molecule has 4 fully saturated rings. The number of rotatable bonds is 11. The van der Waals surface area contributed by atoms with Gasteiger partial charge in [0.2, 0.25) is 27.6 Å². The second-order valence-electron chi connectivity index (χ2n) is 16.8. The van der Waals surface area contributed by atoms with E-state index in [1.807, 2.05) is 41.5 Å². The Labute approximate surface area is 273 Å². The number of likely N-dealkylation sites (N-methyl/N-ethyl adjacent to an activating group) is 1. The molecule has 260 valence electrons. The largest absolute Gasteiger partial charge is 0.347 e. The van der Waals surface area contributed by atoms with Gasteiger partial charge in [-0.15, -0.1) is 0 Å². The van der Waals surface area contributed by atoms with E-state index in [-0.39, 0.29) is 29.8 Å². The quantitative estimate of drug-likeness (QED) is 0.241. The minimum absolute atomic E-state index is 0.0125. The first kappa shape index (κ1) is 36.1. The first-order chi connectivity index (χ1) is 20.9. The molecule has 0 aromatic carbocycles. The maximum absolute atomic E-state index is 14.3. The topological polar surface area (TPSA) is 174 Å². The smallest absolute Gasteiger partial charge is 0.315 e. The molecule has 5 atom stereocenters. The summed E-state index contributed by atoms with van der Waals surface area (Å²) in [4.78, 5) is 69.2. The average Bonchev–Trinajstić information content (AvgIpc) is 3.73. The Morgan fingerprint density at radius 3 is 2.00 bits per heavy atom. The number of nitrogens with one attached hydrogen (secondary N) is 4. The first-order valence-corrected chi connectivity index (χ1v) is 18.2. The fourth-order valence-corrected chi connectivity index (χ4v) is 7.25. The molecule has 46 heavy (non-hydrogen) atoms. The standard InChI is InChI=1S/C32H54N6O7S/c1-29(2,3)20(17-37(9)46(10,44)45)34-28(43)35-23(30(4,5)6)27(42)38-16-19-21(31(19,7)8)22(38)25(40)36-32(14-11-15-32)24(39)26(41)33-18-12-13-18/h18-23H,11-17H2,1-10H3,(H,33,41)(H,36,40)(H2,34,35,43)/t19-,20+,21-,22-,23+/m0/s1. The van der Waals surface area contributed by atoms with Crippen molar-refractivity contribution in [1.29, 1.82) is 0 Å². The van der Waals surface area contributed by atoms with E-state index < -0.39 is 74.1 Å². The number of likely N-dealkylation sites (tertiary alicyclic amines) is 1. The minimum atomic E-state index is -3.49. The van der Waals surface area contributed by atoms with Gasteiger partial charge in [0.25, 0.3) is 5.91 Å². The van der Waals surface area contributed by atoms with Crippen LogP contribution in [0.4, 0.5) is 4.79 Å². The minimum Gasteiger partial charge on any atom is -0.347 e. The molecule has 1 heterocycles. The summed E-state index contributed by atoms with van der Waals surface area (Å²) in [6, 6.07) is -3.06. The third-order valence-electron chi connectivity index (χ3n) is 10.6. The number of hydrogen-bond acceptors (Lipinski definition) is 7. The number of Topliss-reactive ketones (excluding diaryl/α,β-unsaturated/α-hetero) is 1. The Morgan fingerprint density at radius 1 is 0.957 bits per heavy atom. The molecule has 13 nitrogen and oxygen atoms in total. The third kappa shape index (κ3) is 7.37. The van der Waals surface area contributed by atoms with Crippen molar-refractivity contribution in [2.75, 3.05) is 26.4 Å². The lowest BCUT2D eigenvalue weighted by Gasteiger charge is -2.43. The lowest BCUT2D eigenvalue weighted by atomic mass is 9.73. The van der Waals surface area contributed by atoms with Crippen molar-refractivity contribution >= 4 is 39.6 Å². The summed E-state index contributed by atoms with van der Waals surface area (Å²) < 4.78 is 25.3. The molecule has 14 heteroatoms. The van der Waals surface area contributed by atoms with Gasteiger partial charge in [0.05, 0.1) is 6.26 Å². The van der Waals surface area contributed by atoms with Crippen molar-refractivity contribution in [2.45, 2.75) is 117 Å². The lowest BCUT2D eigenvalue weighted by molar-refractivity contribution is -0.149. The van der Waals surface area contributed by atoms with E-state index >= 15 is 0 Å². The molecule has 4 rings (SSSR count). The predicted molar refractivity (Wildman–Crippen MR) is 173 cm³/mol. The van der Waals surface area contributed by atoms with Crippen LogP contribution in [0.25, 0.3) is 0 Å². The summed E-state index contributed by atoms with van der Waals surface area (Å²) >= 11 is 0. The van der Waals surface area contributed by atoms with Gasteiger partial charge in [-0.2, -0.15) is 0 Å². The van der Waals surface area contributed by atoms with Gasteiger partial charge in [-0.3, -0.25) is 19.2 Å². The van der Waals surface area contributed by atoms with Crippen LogP contribution in [0.15, 0.2) is 0 Å². The van der Waals surface area contributed by atoms with E-state index in [2.05, 4.69) is 35.1 Å². The summed E-state index contributed by atoms with van der Waals surface area (Å²) in [5.74, 6) is -2.23. The summed E-state index contributed by atoms with van der Waals surface area (Å²) in [5.41, 5.74) is -2.71. The van der Waals surface area contributed by atoms with E-state index in [4.69, 9.17) is 0 Å². The molecule has 4 aliphatic rings. The maximum Gasteiger partial charge on any atom is 0.315 e. The zero-order valence-corrected chi connectivity index (χ0v) is 29.9. The molecule has 0 unspecified atom stereocenters. The van der Waals surface area contributed by atoms with Gasteiger partial charge in [0, 0.05) is 32.2 Å². The second kappa shape index (κ2) is 12.1. The normalized spacial score (nSPS) is 26.2. The Bertz CT molecular complexity index is 1370. The number of ketones is 1. The van der Waals surface area contributed by atoms with Crippen LogP contribution < -0.4 is 21.3 Å². The Hall–Kier alpha value is -2.74. The van der Waals surface area contributed by atoms with Gasteiger partial charge in [-0.25, -0.2) is 17.5 Å². The van der Waals surface area contributed by atoms with Gasteiger partial charge in [-0.1, -0.05) is 55.4 Å². The number of amides is 5. The number of hydrogen-bond donors (Lipinski definition) is 4. The van der Waals surface area contributed by atoms with E-state index in [1.165, 1.54) is 16.3 Å². The van der Waals surface area contributed by atoms with E-state index in [1.54, 1.807) is 0 Å². The molecule has 5 amide bonds. The number of carbonyl (C=O) groups is 5. The summed E-state index contributed by atoms with van der Waals surface area (Å²) in [6.45, 7) is 15.6. The van der Waals surface area contributed by atoms with Gasteiger partial charge in [0.15, 0.2) is 0 Å². The second-order valence-corrected chi connectivity index (χ2v) is 18.9. The molecule has 0 radical (unpaired) electrons. The van der Waals surface area contributed by atoms with Crippen molar-refractivity contribution in [2.24, 2.45) is 28.1 Å². The molecule has 4 N–H and O–H groups in total. The molecule has 0 bridgehead atoms. The number of carbonyl (C=O) groups excluding carboxylic acids is 5. The van der Waals surface area contributed by atoms with E-state index in [0.29, 0.717) is 25.8 Å². The number of nitrogens with zero attached hydrogens (tertiary/aromatic N) is 2. The van der Waals surface area contributed by atoms with Crippen LogP contribution in [0.2, 0.25) is 0 Å². The first-order valence-electron chi connectivity index (χ1n) is 16.4. The van der Waals surface area contributed by atoms with Gasteiger partial charge >= 0.3 is 6.03 Å². The fraction of sp³-hybridized carbons (Fsp3) is 0.844. The molecular weight excluding hydrogens is 612 g/mol. The van der Waals surface area contributed by atoms with Crippen LogP contribution in [0.3, 0.4) is 0 Å². The monoisotopic (exact) mass is 666 g/mol. The van der Waals surface area contributed by atoms with Crippen molar-refractivity contribution in [3.05, 3.63) is 0 Å². The summed E-state index contributed by atoms with van der Waals surface area (Å²) in [5, 5.41) is 11.4. The SMILES string of the molecule is CN(C[C@@H](NC(=O)N[C@H](C(=O)N1C[C@H]2[C@@H]([C@H]1C(=O)NC1(C(=O)C(=O)NC3CC3)CCC1)C2(C)C)C(C)(C)C)C(C)(C)C)S(C)(=O)=O. The number of urea groups is 1. The van der Waals surface area contributed by atoms with Gasteiger partial charge in [-0.05, 0) is 60.2 Å². The van der Waals surface area contributed by atoms with Crippen LogP contribution in [0.5, 0.6) is 0 Å². The summed E-state index contributed by atoms with van der Waals surface area (Å²) in [7, 11) is -2.05. The molecule has 0 aromatic rings. The van der Waals surface area contributed by atoms with Crippen molar-refractivity contribution in [3.8, 4) is 0 Å². The van der Waals surface area contributed by atoms with Crippen molar-refractivity contribution < 1.29 is 32.4 Å². The highest BCUT2D eigenvalue weighted by molar-refractivity contribution is 7.88. The molecular formula is C32H54N6O7S. The fourth-order valence-electron chi connectivity index (χ4n) is 6.83. The highest BCUT2D eigenvalue weighted by atomic mass is 32.2. The Morgan fingerprint density at radius 2 is 1.54 bits per heavy atom. The number of piperidine rings is 1. The zero-order valence-electron chi connectivity index (χ0n) is 29.1. The third-order valence-corrected chi connectivity index (χ3v) is 11.9. The number of sulfonamides is 1. The Balaban J connectivity index is 1.52. The summed E-state index contributed by atoms with van der Waals surface area (Å²) in [6.07, 6.45) is 4.21.